The summed E-state index contributed by atoms with van der Waals surface area (Å²) in [5, 5.41) is 0. The van der Waals surface area contributed by atoms with Gasteiger partial charge in [0.15, 0.2) is 0 Å². The van der Waals surface area contributed by atoms with Crippen molar-refractivity contribution in [2.24, 2.45) is 58.7 Å². The van der Waals surface area contributed by atoms with E-state index in [9.17, 15) is 0 Å². The summed E-state index contributed by atoms with van der Waals surface area (Å²) in [5.41, 5.74) is 0.568. The van der Waals surface area contributed by atoms with E-state index in [4.69, 9.17) is 0 Å². The number of allylic oxidation sites excluding steroid dienone is 2. The molecule has 0 radical (unpaired) electrons. The number of hydrogen-bond donors (Lipinski definition) is 0. The molecule has 5 aliphatic rings. The third-order valence-electron chi connectivity index (χ3n) is 15.5. The molecule has 0 amide bonds. The summed E-state index contributed by atoms with van der Waals surface area (Å²) in [6, 6.07) is 0. The van der Waals surface area contributed by atoms with Crippen molar-refractivity contribution in [2.75, 3.05) is 0 Å². The summed E-state index contributed by atoms with van der Waals surface area (Å²) < 4.78 is 0. The first kappa shape index (κ1) is 36.0. The van der Waals surface area contributed by atoms with Crippen LogP contribution >= 0.6 is 0 Å². The molecule has 0 nitrogen and oxygen atoms in total. The molecule has 9 atom stereocenters. The van der Waals surface area contributed by atoms with Crippen molar-refractivity contribution in [1.29, 1.82) is 0 Å². The third-order valence-corrected chi connectivity index (χ3v) is 15.5. The van der Waals surface area contributed by atoms with E-state index in [1.165, 1.54) is 103 Å². The molecule has 0 spiro atoms. The lowest BCUT2D eigenvalue weighted by Gasteiger charge is -2.41. The summed E-state index contributed by atoms with van der Waals surface area (Å²) in [6.07, 6.45) is 50.8. The summed E-state index contributed by atoms with van der Waals surface area (Å²) >= 11 is 0. The highest BCUT2D eigenvalue weighted by atomic mass is 14.4. The zero-order chi connectivity index (χ0) is 31.3. The Morgan fingerprint density at radius 2 is 1.04 bits per heavy atom. The van der Waals surface area contributed by atoms with Crippen molar-refractivity contribution in [3.8, 4) is 0 Å². The highest BCUT2D eigenvalue weighted by Gasteiger charge is 2.40. The molecule has 0 heterocycles. The quantitative estimate of drug-likeness (QED) is 0.225. The van der Waals surface area contributed by atoms with Crippen LogP contribution in [0.15, 0.2) is 12.2 Å². The molecule has 0 saturated heterocycles. The van der Waals surface area contributed by atoms with Gasteiger partial charge in [-0.15, -0.1) is 0 Å². The molecule has 0 heteroatoms. The lowest BCUT2D eigenvalue weighted by molar-refractivity contribution is 0.119. The summed E-state index contributed by atoms with van der Waals surface area (Å²) in [4.78, 5) is 0. The Morgan fingerprint density at radius 1 is 0.489 bits per heavy atom. The van der Waals surface area contributed by atoms with Crippen LogP contribution in [-0.4, -0.2) is 0 Å². The molecule has 5 aliphatic carbocycles. The first-order valence-corrected chi connectivity index (χ1v) is 21.7. The van der Waals surface area contributed by atoms with Gasteiger partial charge in [0.1, 0.15) is 0 Å². The lowest BCUT2D eigenvalue weighted by atomic mass is 9.64. The molecule has 0 bridgehead atoms. The molecule has 0 aliphatic heterocycles. The minimum Gasteiger partial charge on any atom is -0.0882 e. The molecule has 5 rings (SSSR count). The molecule has 0 N–H and O–H groups in total. The average molecular weight is 621 g/mol. The van der Waals surface area contributed by atoms with Gasteiger partial charge in [-0.1, -0.05) is 155 Å². The van der Waals surface area contributed by atoms with E-state index in [2.05, 4.69) is 32.9 Å². The van der Waals surface area contributed by atoms with Crippen LogP contribution in [0.25, 0.3) is 0 Å². The van der Waals surface area contributed by atoms with Gasteiger partial charge >= 0.3 is 0 Å². The lowest BCUT2D eigenvalue weighted by Crippen LogP contribution is -2.31. The van der Waals surface area contributed by atoms with Gasteiger partial charge in [0, 0.05) is 0 Å². The van der Waals surface area contributed by atoms with Crippen LogP contribution in [0.1, 0.15) is 213 Å². The van der Waals surface area contributed by atoms with Crippen molar-refractivity contribution in [2.45, 2.75) is 213 Å². The second kappa shape index (κ2) is 19.1. The maximum Gasteiger partial charge on any atom is -0.0177 e. The molecular formula is C45H80. The predicted molar refractivity (Wildman–Crippen MR) is 199 cm³/mol. The van der Waals surface area contributed by atoms with Gasteiger partial charge < -0.3 is 0 Å². The van der Waals surface area contributed by atoms with Gasteiger partial charge in [-0.05, 0) is 129 Å². The third kappa shape index (κ3) is 10.9. The van der Waals surface area contributed by atoms with Crippen LogP contribution in [0.2, 0.25) is 0 Å². The van der Waals surface area contributed by atoms with Crippen molar-refractivity contribution in [1.82, 2.24) is 0 Å². The predicted octanol–water partition coefficient (Wildman–Crippen LogP) is 14.9. The number of hydrogen-bond acceptors (Lipinski definition) is 0. The van der Waals surface area contributed by atoms with Crippen molar-refractivity contribution >= 4 is 0 Å². The highest BCUT2D eigenvalue weighted by molar-refractivity contribution is 5.00. The Bertz CT molecular complexity index is 818. The first-order chi connectivity index (χ1) is 22.1. The Labute approximate surface area is 283 Å². The molecule has 4 fully saturated rings. The van der Waals surface area contributed by atoms with E-state index in [1.54, 1.807) is 89.9 Å². The van der Waals surface area contributed by atoms with Crippen LogP contribution in [0, 0.1) is 58.7 Å². The zero-order valence-corrected chi connectivity index (χ0v) is 31.1. The fourth-order valence-electron chi connectivity index (χ4n) is 12.5. The monoisotopic (exact) mass is 621 g/mol. The first-order valence-electron chi connectivity index (χ1n) is 21.7. The fraction of sp³-hybridized carbons (Fsp3) is 0.956. The summed E-state index contributed by atoms with van der Waals surface area (Å²) in [5.74, 6) is 9.25. The van der Waals surface area contributed by atoms with Gasteiger partial charge in [-0.25, -0.2) is 0 Å². The Hall–Kier alpha value is -0.260. The largest absolute Gasteiger partial charge is 0.0882 e. The minimum atomic E-state index is 0.568. The van der Waals surface area contributed by atoms with Gasteiger partial charge in [0.25, 0.3) is 0 Å². The van der Waals surface area contributed by atoms with E-state index in [0.717, 1.165) is 53.3 Å². The van der Waals surface area contributed by atoms with Gasteiger partial charge in [-0.3, -0.25) is 0 Å². The fourth-order valence-corrected chi connectivity index (χ4v) is 12.5. The Kier molecular flexibility index (Phi) is 15.3. The maximum absolute atomic E-state index is 2.71. The van der Waals surface area contributed by atoms with Crippen LogP contribution in [-0.2, 0) is 0 Å². The van der Waals surface area contributed by atoms with Crippen molar-refractivity contribution < 1.29 is 0 Å². The summed E-state index contributed by atoms with van der Waals surface area (Å²) in [7, 11) is 0. The highest BCUT2D eigenvalue weighted by Crippen LogP contribution is 2.51. The molecule has 9 unspecified atom stereocenters. The molecule has 0 aromatic rings. The van der Waals surface area contributed by atoms with Gasteiger partial charge in [0.05, 0.1) is 0 Å². The molecule has 0 aromatic carbocycles. The zero-order valence-electron chi connectivity index (χ0n) is 31.1. The molecular weight excluding hydrogens is 540 g/mol. The second-order valence-corrected chi connectivity index (χ2v) is 18.3. The normalized spacial score (nSPS) is 38.5. The van der Waals surface area contributed by atoms with E-state index < -0.39 is 0 Å². The topological polar surface area (TPSA) is 0 Å². The van der Waals surface area contributed by atoms with Crippen molar-refractivity contribution in [3.63, 3.8) is 0 Å². The van der Waals surface area contributed by atoms with Crippen LogP contribution in [0.4, 0.5) is 0 Å². The van der Waals surface area contributed by atoms with E-state index >= 15 is 0 Å². The SMILES string of the molecule is CCC(CC)(CC1CCC(C2CCCCC(CC3CCC(C4CCCCC(C)CCC4)C3)CCC2)C1)C1C=CCCCCCC1. The minimum absolute atomic E-state index is 0.568. The van der Waals surface area contributed by atoms with Crippen LogP contribution in [0.3, 0.4) is 0 Å². The summed E-state index contributed by atoms with van der Waals surface area (Å²) in [6.45, 7) is 7.59. The Morgan fingerprint density at radius 3 is 1.80 bits per heavy atom. The van der Waals surface area contributed by atoms with Crippen molar-refractivity contribution in [3.05, 3.63) is 12.2 Å². The molecule has 45 heavy (non-hydrogen) atoms. The average Bonchev–Trinajstić information content (AvgIpc) is 3.76. The van der Waals surface area contributed by atoms with E-state index in [1.807, 2.05) is 0 Å². The van der Waals surface area contributed by atoms with Gasteiger partial charge in [-0.2, -0.15) is 0 Å². The molecule has 260 valence electrons. The molecule has 4 saturated carbocycles. The second-order valence-electron chi connectivity index (χ2n) is 18.3. The van der Waals surface area contributed by atoms with E-state index in [0.29, 0.717) is 5.41 Å². The smallest absolute Gasteiger partial charge is 0.0177 e. The van der Waals surface area contributed by atoms with Crippen LogP contribution < -0.4 is 0 Å². The Balaban J connectivity index is 1.06. The number of rotatable bonds is 9. The maximum atomic E-state index is 2.71. The molecule has 0 aromatic heterocycles. The van der Waals surface area contributed by atoms with E-state index in [-0.39, 0.29) is 0 Å². The van der Waals surface area contributed by atoms with Gasteiger partial charge in [0.2, 0.25) is 0 Å². The standard InChI is InChI=1S/C45H80/c1-4-45(5-2,44-26-10-8-6-7-9-11-27-44)35-39-29-31-43(34-39)41-23-15-13-20-37(21-17-25-41)32-38-28-30-42(33-38)40-22-14-12-18-36(3)19-16-24-40/h10,26,36-44H,4-9,11-25,27-35H2,1-3H3. The van der Waals surface area contributed by atoms with Crippen LogP contribution in [0.5, 0.6) is 0 Å².